The molecule has 1 saturated heterocycles. The minimum Gasteiger partial charge on any atom is -0.387 e. The third kappa shape index (κ3) is 4.58. The van der Waals surface area contributed by atoms with Gasteiger partial charge in [0.15, 0.2) is 0 Å². The van der Waals surface area contributed by atoms with Crippen LogP contribution in [0.3, 0.4) is 0 Å². The van der Waals surface area contributed by atoms with Gasteiger partial charge in [-0.25, -0.2) is 0 Å². The van der Waals surface area contributed by atoms with E-state index < -0.39 is 6.10 Å². The molecule has 0 spiro atoms. The molecule has 0 saturated carbocycles. The molecule has 2 aromatic rings. The van der Waals surface area contributed by atoms with Crippen LogP contribution in [0.4, 0.5) is 11.4 Å². The van der Waals surface area contributed by atoms with Gasteiger partial charge in [0.05, 0.1) is 6.10 Å². The maximum atomic E-state index is 11.8. The van der Waals surface area contributed by atoms with Gasteiger partial charge in [-0.05, 0) is 48.2 Å². The molecule has 0 radical (unpaired) electrons. The van der Waals surface area contributed by atoms with Crippen molar-refractivity contribution in [3.8, 4) is 0 Å². The van der Waals surface area contributed by atoms with Crippen LogP contribution in [0.15, 0.2) is 42.5 Å². The molecule has 1 amide bonds. The van der Waals surface area contributed by atoms with Crippen molar-refractivity contribution >= 4 is 28.9 Å². The molecule has 4 rings (SSSR count). The maximum Gasteiger partial charge on any atom is 0.223 e. The van der Waals surface area contributed by atoms with Crippen LogP contribution in [0.25, 0.3) is 0 Å². The average Bonchev–Trinajstić information content (AvgIpc) is 2.73. The first-order chi connectivity index (χ1) is 14.0. The molecule has 0 aromatic heterocycles. The fraction of sp³-hybridized carbons (Fsp3) is 0.435. The zero-order chi connectivity index (χ0) is 20.4. The molecule has 2 aromatic carbocycles. The summed E-state index contributed by atoms with van der Waals surface area (Å²) in [6.45, 7) is 6.68. The summed E-state index contributed by atoms with van der Waals surface area (Å²) in [7, 11) is 0. The Hall–Kier alpha value is -2.08. The number of aliphatic hydroxyl groups excluding tert-OH is 1. The van der Waals surface area contributed by atoms with Crippen molar-refractivity contribution < 1.29 is 9.90 Å². The van der Waals surface area contributed by atoms with E-state index in [4.69, 9.17) is 11.6 Å². The molecular formula is C23H28ClN3O2. The molecule has 5 nitrogen and oxygen atoms in total. The number of amides is 1. The second kappa shape index (κ2) is 8.74. The molecule has 2 aliphatic heterocycles. The summed E-state index contributed by atoms with van der Waals surface area (Å²) >= 11 is 6.11. The van der Waals surface area contributed by atoms with E-state index in [2.05, 4.69) is 21.9 Å². The smallest absolute Gasteiger partial charge is 0.223 e. The van der Waals surface area contributed by atoms with Crippen LogP contribution in [0.5, 0.6) is 0 Å². The Morgan fingerprint density at radius 1 is 1.10 bits per heavy atom. The molecule has 2 aliphatic rings. The van der Waals surface area contributed by atoms with E-state index in [1.807, 2.05) is 35.2 Å². The minimum atomic E-state index is -0.522. The highest BCUT2D eigenvalue weighted by molar-refractivity contribution is 6.30. The van der Waals surface area contributed by atoms with Crippen molar-refractivity contribution in [2.75, 3.05) is 49.1 Å². The fourth-order valence-corrected chi connectivity index (χ4v) is 4.55. The lowest BCUT2D eigenvalue weighted by Crippen LogP contribution is -2.47. The van der Waals surface area contributed by atoms with E-state index >= 15 is 0 Å². The second-order valence-electron chi connectivity index (χ2n) is 7.95. The predicted octanol–water partition coefficient (Wildman–Crippen LogP) is 3.49. The van der Waals surface area contributed by atoms with Gasteiger partial charge < -0.3 is 14.9 Å². The van der Waals surface area contributed by atoms with Gasteiger partial charge in [0.1, 0.15) is 0 Å². The molecule has 1 N–H and O–H groups in total. The number of fused-ring (bicyclic) bond motifs is 1. The lowest BCUT2D eigenvalue weighted by atomic mass is 9.97. The lowest BCUT2D eigenvalue weighted by molar-refractivity contribution is -0.116. The summed E-state index contributed by atoms with van der Waals surface area (Å²) in [5.74, 6) is 0.0804. The van der Waals surface area contributed by atoms with Crippen LogP contribution in [-0.2, 0) is 11.2 Å². The van der Waals surface area contributed by atoms with E-state index in [9.17, 15) is 9.90 Å². The predicted molar refractivity (Wildman–Crippen MR) is 118 cm³/mol. The number of hydrogen-bond donors (Lipinski definition) is 1. The number of halogens is 1. The summed E-state index contributed by atoms with van der Waals surface area (Å²) in [6.07, 6.45) is 1.40. The lowest BCUT2D eigenvalue weighted by Gasteiger charge is -2.37. The van der Waals surface area contributed by atoms with E-state index in [-0.39, 0.29) is 5.91 Å². The van der Waals surface area contributed by atoms with Crippen molar-refractivity contribution in [3.05, 3.63) is 58.6 Å². The van der Waals surface area contributed by atoms with Gasteiger partial charge in [0.25, 0.3) is 0 Å². The van der Waals surface area contributed by atoms with Gasteiger partial charge in [0, 0.05) is 62.6 Å². The van der Waals surface area contributed by atoms with Gasteiger partial charge in [0.2, 0.25) is 5.91 Å². The van der Waals surface area contributed by atoms with E-state index in [1.54, 1.807) is 6.92 Å². The van der Waals surface area contributed by atoms with Crippen LogP contribution in [0.1, 0.15) is 30.6 Å². The first-order valence-corrected chi connectivity index (χ1v) is 10.7. The Balaban J connectivity index is 1.37. The van der Waals surface area contributed by atoms with Crippen LogP contribution >= 0.6 is 11.6 Å². The topological polar surface area (TPSA) is 47.0 Å². The van der Waals surface area contributed by atoms with Crippen LogP contribution < -0.4 is 9.80 Å². The molecule has 0 aliphatic carbocycles. The summed E-state index contributed by atoms with van der Waals surface area (Å²) in [4.78, 5) is 18.3. The Bertz CT molecular complexity index is 880. The normalized spacial score (nSPS) is 18.4. The SMILES string of the molecule is CC(=O)N1CCCc2cc(C(O)CN3CCN(c4cccc(Cl)c4)CC3)ccc21. The summed E-state index contributed by atoms with van der Waals surface area (Å²) in [6, 6.07) is 14.0. The monoisotopic (exact) mass is 413 g/mol. The first-order valence-electron chi connectivity index (χ1n) is 10.3. The highest BCUT2D eigenvalue weighted by Crippen LogP contribution is 2.30. The van der Waals surface area contributed by atoms with Gasteiger partial charge >= 0.3 is 0 Å². The summed E-state index contributed by atoms with van der Waals surface area (Å²) < 4.78 is 0. The first kappa shape index (κ1) is 20.2. The number of aryl methyl sites for hydroxylation is 1. The third-order valence-electron chi connectivity index (χ3n) is 5.96. The third-order valence-corrected chi connectivity index (χ3v) is 6.20. The molecule has 0 bridgehead atoms. The molecular weight excluding hydrogens is 386 g/mol. The van der Waals surface area contributed by atoms with Gasteiger partial charge in [-0.3, -0.25) is 9.69 Å². The van der Waals surface area contributed by atoms with Crippen molar-refractivity contribution in [1.29, 1.82) is 0 Å². The molecule has 1 atom stereocenters. The number of rotatable bonds is 4. The number of carbonyl (C=O) groups excluding carboxylic acids is 1. The molecule has 154 valence electrons. The maximum absolute atomic E-state index is 11.8. The molecule has 6 heteroatoms. The van der Waals surface area contributed by atoms with E-state index in [0.717, 1.165) is 73.1 Å². The number of β-amino-alcohol motifs (C(OH)–C–C–N with tert-alkyl or cyclic N) is 1. The fourth-order valence-electron chi connectivity index (χ4n) is 4.36. The van der Waals surface area contributed by atoms with Gasteiger partial charge in [-0.1, -0.05) is 29.8 Å². The second-order valence-corrected chi connectivity index (χ2v) is 8.38. The molecule has 29 heavy (non-hydrogen) atoms. The van der Waals surface area contributed by atoms with E-state index in [0.29, 0.717) is 6.54 Å². The molecule has 1 fully saturated rings. The Morgan fingerprint density at radius 2 is 1.90 bits per heavy atom. The summed E-state index contributed by atoms with van der Waals surface area (Å²) in [5.41, 5.74) is 4.25. The van der Waals surface area contributed by atoms with Crippen LogP contribution in [0, 0.1) is 0 Å². The summed E-state index contributed by atoms with van der Waals surface area (Å²) in [5, 5.41) is 11.6. The van der Waals surface area contributed by atoms with Crippen molar-refractivity contribution in [1.82, 2.24) is 4.90 Å². The van der Waals surface area contributed by atoms with Crippen molar-refractivity contribution in [2.24, 2.45) is 0 Å². The van der Waals surface area contributed by atoms with Crippen LogP contribution in [-0.4, -0.2) is 55.2 Å². The number of carbonyl (C=O) groups is 1. The highest BCUT2D eigenvalue weighted by Gasteiger charge is 2.23. The van der Waals surface area contributed by atoms with Crippen LogP contribution in [0.2, 0.25) is 5.02 Å². The van der Waals surface area contributed by atoms with E-state index in [1.165, 1.54) is 0 Å². The number of nitrogens with zero attached hydrogens (tertiary/aromatic N) is 3. The van der Waals surface area contributed by atoms with Gasteiger partial charge in [-0.2, -0.15) is 0 Å². The number of anilines is 2. The quantitative estimate of drug-likeness (QED) is 0.833. The number of hydrogen-bond acceptors (Lipinski definition) is 4. The zero-order valence-corrected chi connectivity index (χ0v) is 17.6. The van der Waals surface area contributed by atoms with Crippen molar-refractivity contribution in [2.45, 2.75) is 25.9 Å². The minimum absolute atomic E-state index is 0.0804. The number of piperazine rings is 1. The standard InChI is InChI=1S/C23H28ClN3O2/c1-17(28)27-9-3-4-18-14-19(7-8-22(18)27)23(29)16-25-10-12-26(13-11-25)21-6-2-5-20(24)15-21/h2,5-8,14-15,23,29H,3-4,9-13,16H2,1H3. The van der Waals surface area contributed by atoms with Gasteiger partial charge in [-0.15, -0.1) is 0 Å². The molecule has 1 unspecified atom stereocenters. The Labute approximate surface area is 177 Å². The largest absolute Gasteiger partial charge is 0.387 e. The molecule has 2 heterocycles. The Kier molecular flexibility index (Phi) is 6.09. The average molecular weight is 414 g/mol. The number of aliphatic hydroxyl groups is 1. The van der Waals surface area contributed by atoms with Crippen molar-refractivity contribution in [3.63, 3.8) is 0 Å². The Morgan fingerprint density at radius 3 is 2.62 bits per heavy atom. The number of benzene rings is 2. The highest BCUT2D eigenvalue weighted by atomic mass is 35.5. The zero-order valence-electron chi connectivity index (χ0n) is 16.9.